The van der Waals surface area contributed by atoms with Crippen LogP contribution in [0.2, 0.25) is 0 Å². The molecular formula is C23H27FN4O. The number of para-hydroxylation sites is 2. The molecule has 1 atom stereocenters. The monoisotopic (exact) mass is 394 g/mol. The van der Waals surface area contributed by atoms with Crippen LogP contribution >= 0.6 is 0 Å². The zero-order chi connectivity index (χ0) is 20.7. The average molecular weight is 394 g/mol. The Hall–Kier alpha value is -2.73. The lowest BCUT2D eigenvalue weighted by Crippen LogP contribution is -2.40. The zero-order valence-corrected chi connectivity index (χ0v) is 17.4. The van der Waals surface area contributed by atoms with Crippen LogP contribution < -0.4 is 0 Å². The molecule has 0 spiro atoms. The molecule has 1 amide bonds. The summed E-state index contributed by atoms with van der Waals surface area (Å²) in [5, 5.41) is 0. The zero-order valence-electron chi connectivity index (χ0n) is 17.4. The second kappa shape index (κ2) is 7.59. The smallest absolute Gasteiger partial charge is 0.253 e. The fraction of sp³-hybridized carbons (Fsp3) is 0.391. The van der Waals surface area contributed by atoms with E-state index in [9.17, 15) is 4.79 Å². The van der Waals surface area contributed by atoms with Crippen molar-refractivity contribution in [2.24, 2.45) is 0 Å². The summed E-state index contributed by atoms with van der Waals surface area (Å²) in [4.78, 5) is 21.6. The van der Waals surface area contributed by atoms with E-state index < -0.39 is 5.82 Å². The van der Waals surface area contributed by atoms with Crippen molar-refractivity contribution in [3.05, 3.63) is 59.7 Å². The molecule has 0 unspecified atom stereocenters. The number of benzene rings is 2. The number of hydrogen-bond acceptors (Lipinski definition) is 3. The Labute approximate surface area is 170 Å². The van der Waals surface area contributed by atoms with Crippen molar-refractivity contribution >= 4 is 16.9 Å². The van der Waals surface area contributed by atoms with Gasteiger partial charge in [0.2, 0.25) is 0 Å². The number of likely N-dealkylation sites (tertiary alicyclic amines) is 1. The molecule has 5 nitrogen and oxygen atoms in total. The Morgan fingerprint density at radius 3 is 2.69 bits per heavy atom. The highest BCUT2D eigenvalue weighted by molar-refractivity contribution is 5.94. The molecule has 1 saturated heterocycles. The number of aromatic nitrogens is 2. The predicted molar refractivity (Wildman–Crippen MR) is 113 cm³/mol. The third kappa shape index (κ3) is 3.53. The van der Waals surface area contributed by atoms with E-state index in [1.807, 2.05) is 38.2 Å². The van der Waals surface area contributed by atoms with Crippen molar-refractivity contribution in [3.63, 3.8) is 0 Å². The lowest BCUT2D eigenvalue weighted by molar-refractivity contribution is 0.0731. The first-order valence-corrected chi connectivity index (χ1v) is 10.1. The van der Waals surface area contributed by atoms with Gasteiger partial charge in [-0.3, -0.25) is 14.3 Å². The molecule has 3 aromatic rings. The SMILES string of the molecule is Cc1nc2ccccc2n1-c1ccc(C(=O)N(C)[C@@H]2CCN(C(C)C)C2)cc1F. The molecule has 2 aromatic carbocycles. The summed E-state index contributed by atoms with van der Waals surface area (Å²) in [5.74, 6) is 0.144. The molecule has 29 heavy (non-hydrogen) atoms. The summed E-state index contributed by atoms with van der Waals surface area (Å²) in [6.45, 7) is 8.04. The van der Waals surface area contributed by atoms with Crippen molar-refractivity contribution < 1.29 is 9.18 Å². The number of rotatable bonds is 4. The molecule has 0 N–H and O–H groups in total. The fourth-order valence-electron chi connectivity index (χ4n) is 4.19. The summed E-state index contributed by atoms with van der Waals surface area (Å²) in [6, 6.07) is 13.0. The lowest BCUT2D eigenvalue weighted by atomic mass is 10.1. The van der Waals surface area contributed by atoms with Crippen molar-refractivity contribution in [1.29, 1.82) is 0 Å². The lowest BCUT2D eigenvalue weighted by Gasteiger charge is -2.26. The number of likely N-dealkylation sites (N-methyl/N-ethyl adjacent to an activating group) is 1. The van der Waals surface area contributed by atoms with E-state index in [1.54, 1.807) is 21.6 Å². The Kier molecular flexibility index (Phi) is 5.13. The molecule has 1 fully saturated rings. The number of halogens is 1. The maximum Gasteiger partial charge on any atom is 0.253 e. The Morgan fingerprint density at radius 2 is 2.00 bits per heavy atom. The van der Waals surface area contributed by atoms with Gasteiger partial charge in [-0.05, 0) is 57.5 Å². The van der Waals surface area contributed by atoms with Gasteiger partial charge in [-0.1, -0.05) is 12.1 Å². The van der Waals surface area contributed by atoms with Crippen LogP contribution in [0.1, 0.15) is 36.5 Å². The second-order valence-corrected chi connectivity index (χ2v) is 8.10. The van der Waals surface area contributed by atoms with Gasteiger partial charge in [-0.15, -0.1) is 0 Å². The molecule has 1 aliphatic heterocycles. The minimum Gasteiger partial charge on any atom is -0.337 e. The van der Waals surface area contributed by atoms with Gasteiger partial charge < -0.3 is 4.90 Å². The average Bonchev–Trinajstić information content (AvgIpc) is 3.31. The Bertz CT molecular complexity index is 1060. The molecule has 1 aromatic heterocycles. The van der Waals surface area contributed by atoms with Crippen molar-refractivity contribution in [1.82, 2.24) is 19.4 Å². The number of fused-ring (bicyclic) bond motifs is 1. The summed E-state index contributed by atoms with van der Waals surface area (Å²) < 4.78 is 16.9. The van der Waals surface area contributed by atoms with E-state index in [4.69, 9.17) is 0 Å². The van der Waals surface area contributed by atoms with Gasteiger partial charge in [0.15, 0.2) is 0 Å². The molecular weight excluding hydrogens is 367 g/mol. The highest BCUT2D eigenvalue weighted by atomic mass is 19.1. The van der Waals surface area contributed by atoms with Crippen molar-refractivity contribution in [2.45, 2.75) is 39.3 Å². The van der Waals surface area contributed by atoms with Gasteiger partial charge in [0.05, 0.1) is 16.7 Å². The first-order valence-electron chi connectivity index (χ1n) is 10.1. The minimum absolute atomic E-state index is 0.140. The van der Waals surface area contributed by atoms with E-state index in [0.717, 1.165) is 30.5 Å². The van der Waals surface area contributed by atoms with Crippen LogP contribution in [0.25, 0.3) is 16.7 Å². The van der Waals surface area contributed by atoms with Crippen LogP contribution in [0.3, 0.4) is 0 Å². The van der Waals surface area contributed by atoms with Crippen LogP contribution in [-0.2, 0) is 0 Å². The summed E-state index contributed by atoms with van der Waals surface area (Å²) in [6.07, 6.45) is 0.946. The van der Waals surface area contributed by atoms with E-state index in [0.29, 0.717) is 23.1 Å². The predicted octanol–water partition coefficient (Wildman–Crippen LogP) is 4.03. The van der Waals surface area contributed by atoms with Crippen LogP contribution in [-0.4, -0.2) is 57.5 Å². The molecule has 2 heterocycles. The molecule has 1 aliphatic rings. The summed E-state index contributed by atoms with van der Waals surface area (Å²) in [7, 11) is 1.82. The van der Waals surface area contributed by atoms with Gasteiger partial charge >= 0.3 is 0 Å². The van der Waals surface area contributed by atoms with Gasteiger partial charge in [0.1, 0.15) is 11.6 Å². The van der Waals surface area contributed by atoms with Crippen molar-refractivity contribution in [3.8, 4) is 5.69 Å². The first-order chi connectivity index (χ1) is 13.9. The molecule has 6 heteroatoms. The van der Waals surface area contributed by atoms with Gasteiger partial charge in [0.25, 0.3) is 5.91 Å². The van der Waals surface area contributed by atoms with Gasteiger partial charge in [-0.25, -0.2) is 9.37 Å². The normalized spacial score (nSPS) is 17.4. The van der Waals surface area contributed by atoms with Crippen LogP contribution in [0.5, 0.6) is 0 Å². The van der Waals surface area contributed by atoms with E-state index in [2.05, 4.69) is 23.7 Å². The topological polar surface area (TPSA) is 41.4 Å². The largest absolute Gasteiger partial charge is 0.337 e. The Balaban J connectivity index is 1.60. The third-order valence-corrected chi connectivity index (χ3v) is 5.96. The number of amides is 1. The number of carbonyl (C=O) groups excluding carboxylic acids is 1. The van der Waals surface area contributed by atoms with Gasteiger partial charge in [-0.2, -0.15) is 0 Å². The van der Waals surface area contributed by atoms with Crippen LogP contribution in [0.15, 0.2) is 42.5 Å². The van der Waals surface area contributed by atoms with Crippen LogP contribution in [0, 0.1) is 12.7 Å². The highest BCUT2D eigenvalue weighted by Crippen LogP contribution is 2.25. The maximum absolute atomic E-state index is 15.1. The van der Waals surface area contributed by atoms with E-state index >= 15 is 4.39 Å². The third-order valence-electron chi connectivity index (χ3n) is 5.96. The molecule has 0 saturated carbocycles. The molecule has 0 bridgehead atoms. The first kappa shape index (κ1) is 19.6. The standard InChI is InChI=1S/C23H27FN4O/c1-15(2)27-12-11-18(14-27)26(4)23(29)17-9-10-21(19(24)13-17)28-16(3)25-20-7-5-6-8-22(20)28/h5-10,13,15,18H,11-12,14H2,1-4H3/t18-/m1/s1. The summed E-state index contributed by atoms with van der Waals surface area (Å²) >= 11 is 0. The number of carbonyl (C=O) groups is 1. The number of nitrogens with zero attached hydrogens (tertiary/aromatic N) is 4. The molecule has 0 radical (unpaired) electrons. The highest BCUT2D eigenvalue weighted by Gasteiger charge is 2.30. The van der Waals surface area contributed by atoms with Crippen LogP contribution in [0.4, 0.5) is 4.39 Å². The second-order valence-electron chi connectivity index (χ2n) is 8.10. The fourth-order valence-corrected chi connectivity index (χ4v) is 4.19. The van der Waals surface area contributed by atoms with Gasteiger partial charge in [0, 0.05) is 37.8 Å². The summed E-state index contributed by atoms with van der Waals surface area (Å²) in [5.41, 5.74) is 2.45. The molecule has 0 aliphatic carbocycles. The van der Waals surface area contributed by atoms with E-state index in [-0.39, 0.29) is 11.9 Å². The number of imidazole rings is 1. The maximum atomic E-state index is 15.1. The number of hydrogen-bond donors (Lipinski definition) is 0. The van der Waals surface area contributed by atoms with E-state index in [1.165, 1.54) is 6.07 Å². The quantitative estimate of drug-likeness (QED) is 0.671. The Morgan fingerprint density at radius 1 is 1.24 bits per heavy atom. The molecule has 4 rings (SSSR count). The number of aryl methyl sites for hydroxylation is 1. The van der Waals surface area contributed by atoms with Crippen molar-refractivity contribution in [2.75, 3.05) is 20.1 Å². The molecule has 152 valence electrons. The minimum atomic E-state index is -0.425.